The van der Waals surface area contributed by atoms with Crippen LogP contribution >= 0.6 is 0 Å². The minimum Gasteiger partial charge on any atom is -0.399 e. The van der Waals surface area contributed by atoms with Crippen LogP contribution in [0, 0.1) is 6.92 Å². The molecule has 0 bridgehead atoms. The molecule has 96 valence electrons. The number of nitrogens with two attached hydrogens (primary N) is 1. The first-order chi connectivity index (χ1) is 9.24. The molecule has 0 saturated carbocycles. The van der Waals surface area contributed by atoms with E-state index in [0.29, 0.717) is 0 Å². The number of hydrogen-bond donors (Lipinski definition) is 1. The first-order valence-electron chi connectivity index (χ1n) is 6.25. The van der Waals surface area contributed by atoms with Crippen molar-refractivity contribution in [3.05, 3.63) is 53.5 Å². The summed E-state index contributed by atoms with van der Waals surface area (Å²) in [7, 11) is 0. The van der Waals surface area contributed by atoms with Crippen LogP contribution in [-0.4, -0.2) is 19.8 Å². The molecule has 5 nitrogen and oxygen atoms in total. The highest BCUT2D eigenvalue weighted by Gasteiger charge is 2.07. The van der Waals surface area contributed by atoms with Crippen molar-refractivity contribution in [3.63, 3.8) is 0 Å². The molecule has 1 aromatic carbocycles. The van der Waals surface area contributed by atoms with E-state index < -0.39 is 0 Å². The Morgan fingerprint density at radius 1 is 1.05 bits per heavy atom. The molecule has 0 atom stereocenters. The Hall–Kier alpha value is -2.43. The van der Waals surface area contributed by atoms with Gasteiger partial charge in [-0.1, -0.05) is 18.2 Å². The van der Waals surface area contributed by atoms with Crippen LogP contribution in [0.15, 0.2) is 36.4 Å². The van der Waals surface area contributed by atoms with Gasteiger partial charge in [0.05, 0.1) is 5.69 Å². The molecule has 0 radical (unpaired) electrons. The quantitative estimate of drug-likeness (QED) is 0.723. The van der Waals surface area contributed by atoms with E-state index in [9.17, 15) is 0 Å². The average Bonchev–Trinajstić information content (AvgIpc) is 2.80. The summed E-state index contributed by atoms with van der Waals surface area (Å²) in [5.41, 5.74) is 9.62. The van der Waals surface area contributed by atoms with Gasteiger partial charge in [0.15, 0.2) is 11.5 Å². The van der Waals surface area contributed by atoms with Gasteiger partial charge < -0.3 is 5.73 Å². The van der Waals surface area contributed by atoms with Crippen molar-refractivity contribution in [3.8, 4) is 0 Å². The van der Waals surface area contributed by atoms with Crippen molar-refractivity contribution < 1.29 is 0 Å². The zero-order valence-corrected chi connectivity index (χ0v) is 10.7. The number of fused-ring (bicyclic) bond motifs is 1. The highest BCUT2D eigenvalue weighted by atomic mass is 15.4. The molecular weight excluding hydrogens is 238 g/mol. The van der Waals surface area contributed by atoms with Gasteiger partial charge in [-0.25, -0.2) is 0 Å². The van der Waals surface area contributed by atoms with Crippen LogP contribution in [0.25, 0.3) is 5.65 Å². The fourth-order valence-corrected chi connectivity index (χ4v) is 2.09. The third-order valence-electron chi connectivity index (χ3n) is 3.13. The number of hydrogen-bond acceptors (Lipinski definition) is 4. The molecule has 19 heavy (non-hydrogen) atoms. The number of para-hydroxylation sites is 1. The van der Waals surface area contributed by atoms with Crippen LogP contribution in [0.2, 0.25) is 0 Å². The van der Waals surface area contributed by atoms with Crippen LogP contribution in [-0.2, 0) is 12.8 Å². The molecule has 0 aliphatic carbocycles. The maximum atomic E-state index is 5.94. The average molecular weight is 253 g/mol. The first-order valence-corrected chi connectivity index (χ1v) is 6.25. The maximum Gasteiger partial charge on any atom is 0.177 e. The van der Waals surface area contributed by atoms with Gasteiger partial charge in [-0.2, -0.15) is 9.61 Å². The fourth-order valence-electron chi connectivity index (χ4n) is 2.09. The largest absolute Gasteiger partial charge is 0.399 e. The summed E-state index contributed by atoms with van der Waals surface area (Å²) >= 11 is 0. The van der Waals surface area contributed by atoms with Crippen molar-refractivity contribution in [1.29, 1.82) is 0 Å². The van der Waals surface area contributed by atoms with E-state index in [1.807, 2.05) is 43.3 Å². The van der Waals surface area contributed by atoms with Gasteiger partial charge in [-0.3, -0.25) is 0 Å². The number of rotatable bonds is 3. The van der Waals surface area contributed by atoms with Gasteiger partial charge in [0, 0.05) is 12.1 Å². The van der Waals surface area contributed by atoms with Crippen LogP contribution in [0.4, 0.5) is 5.69 Å². The maximum absolute atomic E-state index is 5.94. The molecule has 5 heteroatoms. The highest BCUT2D eigenvalue weighted by molar-refractivity contribution is 5.46. The Bertz CT molecular complexity index is 717. The van der Waals surface area contributed by atoms with Crippen molar-refractivity contribution in [2.75, 3.05) is 5.73 Å². The molecule has 2 heterocycles. The molecule has 0 aliphatic heterocycles. The standard InChI is InChI=1S/C14H15N5/c1-10-6-8-13-16-17-14(19(13)18-10)9-7-11-4-2-3-5-12(11)15/h2-6,8H,7,9,15H2,1H3. The lowest BCUT2D eigenvalue weighted by atomic mass is 10.1. The Balaban J connectivity index is 1.86. The molecule has 0 unspecified atom stereocenters. The van der Waals surface area contributed by atoms with E-state index >= 15 is 0 Å². The molecule has 2 aromatic heterocycles. The molecule has 0 aliphatic rings. The minimum atomic E-state index is 0.770. The van der Waals surface area contributed by atoms with Gasteiger partial charge in [0.25, 0.3) is 0 Å². The van der Waals surface area contributed by atoms with Gasteiger partial charge in [-0.05, 0) is 37.1 Å². The number of anilines is 1. The predicted octanol–water partition coefficient (Wildman–Crippen LogP) is 1.80. The van der Waals surface area contributed by atoms with Crippen molar-refractivity contribution >= 4 is 11.3 Å². The second-order valence-corrected chi connectivity index (χ2v) is 4.56. The summed E-state index contributed by atoms with van der Waals surface area (Å²) in [4.78, 5) is 0. The summed E-state index contributed by atoms with van der Waals surface area (Å²) in [6.07, 6.45) is 1.61. The van der Waals surface area contributed by atoms with E-state index in [1.165, 1.54) is 0 Å². The van der Waals surface area contributed by atoms with Gasteiger partial charge in [0.1, 0.15) is 0 Å². The third-order valence-corrected chi connectivity index (χ3v) is 3.13. The molecule has 2 N–H and O–H groups in total. The Labute approximate surface area is 111 Å². The normalized spacial score (nSPS) is 11.0. The summed E-state index contributed by atoms with van der Waals surface area (Å²) in [6, 6.07) is 11.8. The van der Waals surface area contributed by atoms with Crippen LogP contribution in [0.5, 0.6) is 0 Å². The zero-order valence-electron chi connectivity index (χ0n) is 10.7. The topological polar surface area (TPSA) is 69.1 Å². The fraction of sp³-hybridized carbons (Fsp3) is 0.214. The van der Waals surface area contributed by atoms with Crippen LogP contribution in [0.3, 0.4) is 0 Å². The lowest BCUT2D eigenvalue weighted by Crippen LogP contribution is -2.03. The number of aryl methyl sites for hydroxylation is 3. The molecule has 0 spiro atoms. The Morgan fingerprint density at radius 3 is 2.74 bits per heavy atom. The van der Waals surface area contributed by atoms with Gasteiger partial charge >= 0.3 is 0 Å². The van der Waals surface area contributed by atoms with Crippen molar-refractivity contribution in [2.24, 2.45) is 0 Å². The monoisotopic (exact) mass is 253 g/mol. The second kappa shape index (κ2) is 4.68. The Morgan fingerprint density at radius 2 is 1.89 bits per heavy atom. The summed E-state index contributed by atoms with van der Waals surface area (Å²) in [6.45, 7) is 1.96. The number of aromatic nitrogens is 4. The molecule has 3 rings (SSSR count). The third kappa shape index (κ3) is 2.27. The smallest absolute Gasteiger partial charge is 0.177 e. The molecule has 3 aromatic rings. The van der Waals surface area contributed by atoms with Gasteiger partial charge in [-0.15, -0.1) is 10.2 Å². The van der Waals surface area contributed by atoms with E-state index in [4.69, 9.17) is 5.73 Å². The molecule has 0 amide bonds. The number of benzene rings is 1. The summed E-state index contributed by atoms with van der Waals surface area (Å²) in [5.74, 6) is 0.863. The lowest BCUT2D eigenvalue weighted by Gasteiger charge is -2.04. The van der Waals surface area contributed by atoms with E-state index in [0.717, 1.165) is 41.3 Å². The summed E-state index contributed by atoms with van der Waals surface area (Å²) in [5, 5.41) is 12.7. The second-order valence-electron chi connectivity index (χ2n) is 4.56. The van der Waals surface area contributed by atoms with Crippen molar-refractivity contribution in [2.45, 2.75) is 19.8 Å². The summed E-state index contributed by atoms with van der Waals surface area (Å²) < 4.78 is 1.80. The number of nitrogens with zero attached hydrogens (tertiary/aromatic N) is 4. The van der Waals surface area contributed by atoms with E-state index in [2.05, 4.69) is 15.3 Å². The molecule has 0 saturated heterocycles. The van der Waals surface area contributed by atoms with Crippen LogP contribution in [0.1, 0.15) is 17.1 Å². The van der Waals surface area contributed by atoms with Crippen molar-refractivity contribution in [1.82, 2.24) is 19.8 Å². The van der Waals surface area contributed by atoms with Crippen LogP contribution < -0.4 is 5.73 Å². The lowest BCUT2D eigenvalue weighted by molar-refractivity contribution is 0.774. The van der Waals surface area contributed by atoms with E-state index in [-0.39, 0.29) is 0 Å². The molecular formula is C14H15N5. The van der Waals surface area contributed by atoms with Gasteiger partial charge in [0.2, 0.25) is 0 Å². The minimum absolute atomic E-state index is 0.770. The Kier molecular flexibility index (Phi) is 2.87. The first kappa shape index (κ1) is 11.6. The molecule has 0 fully saturated rings. The zero-order chi connectivity index (χ0) is 13.2. The predicted molar refractivity (Wildman–Crippen MR) is 73.8 cm³/mol. The SMILES string of the molecule is Cc1ccc2nnc(CCc3ccccc3N)n2n1. The number of nitrogen functional groups attached to an aromatic ring is 1. The van der Waals surface area contributed by atoms with E-state index in [1.54, 1.807) is 4.52 Å². The highest BCUT2D eigenvalue weighted by Crippen LogP contribution is 2.13.